The minimum Gasteiger partial charge on any atom is -0.396 e. The Morgan fingerprint density at radius 1 is 1.70 bits per heavy atom. The molecule has 0 aliphatic heterocycles. The molecule has 3 unspecified atom stereocenters. The largest absolute Gasteiger partial charge is 0.396 e. The molecule has 0 aromatic heterocycles. The molecule has 1 fully saturated rings. The number of aliphatic hydroxyl groups excluding tert-OH is 1. The van der Waals surface area contributed by atoms with Crippen LogP contribution in [-0.2, 0) is 0 Å². The van der Waals surface area contributed by atoms with Gasteiger partial charge in [-0.15, -0.1) is 0 Å². The number of aliphatic hydroxyl groups is 1. The Hall–Kier alpha value is -0.0800. The van der Waals surface area contributed by atoms with Crippen LogP contribution in [0.25, 0.3) is 0 Å². The van der Waals surface area contributed by atoms with Gasteiger partial charge in [0, 0.05) is 18.7 Å². The van der Waals surface area contributed by atoms with Crippen molar-refractivity contribution >= 4 is 0 Å². The van der Waals surface area contributed by atoms with E-state index in [4.69, 9.17) is 5.11 Å². The van der Waals surface area contributed by atoms with Crippen LogP contribution < -0.4 is 5.32 Å². The standard InChI is InChI=1S/C8H17NO/c1-3-6(2)9-8-4-7(8)5-10/h6-10H,3-5H2,1-2H3. The van der Waals surface area contributed by atoms with E-state index < -0.39 is 0 Å². The van der Waals surface area contributed by atoms with E-state index >= 15 is 0 Å². The van der Waals surface area contributed by atoms with Gasteiger partial charge in [-0.25, -0.2) is 0 Å². The molecule has 10 heavy (non-hydrogen) atoms. The highest BCUT2D eigenvalue weighted by atomic mass is 16.3. The zero-order chi connectivity index (χ0) is 7.56. The maximum absolute atomic E-state index is 8.72. The van der Waals surface area contributed by atoms with E-state index in [9.17, 15) is 0 Å². The average molecular weight is 143 g/mol. The molecule has 2 heteroatoms. The molecule has 0 spiro atoms. The highest BCUT2D eigenvalue weighted by molar-refractivity contribution is 4.93. The minimum absolute atomic E-state index is 0.355. The Labute approximate surface area is 62.6 Å². The van der Waals surface area contributed by atoms with Gasteiger partial charge in [0.05, 0.1) is 0 Å². The van der Waals surface area contributed by atoms with E-state index in [2.05, 4.69) is 19.2 Å². The molecule has 0 aromatic rings. The topological polar surface area (TPSA) is 32.3 Å². The lowest BCUT2D eigenvalue weighted by molar-refractivity contribution is 0.269. The summed E-state index contributed by atoms with van der Waals surface area (Å²) in [7, 11) is 0. The highest BCUT2D eigenvalue weighted by Gasteiger charge is 2.36. The van der Waals surface area contributed by atoms with Gasteiger partial charge in [0.25, 0.3) is 0 Å². The summed E-state index contributed by atoms with van der Waals surface area (Å²) in [5, 5.41) is 12.2. The second-order valence-electron chi connectivity index (χ2n) is 3.26. The van der Waals surface area contributed by atoms with Gasteiger partial charge in [-0.2, -0.15) is 0 Å². The SMILES string of the molecule is CCC(C)NC1CC1CO. The summed E-state index contributed by atoms with van der Waals surface area (Å²) in [4.78, 5) is 0. The van der Waals surface area contributed by atoms with Gasteiger partial charge in [-0.3, -0.25) is 0 Å². The third-order valence-corrected chi connectivity index (χ3v) is 2.27. The first-order chi connectivity index (χ1) is 4.77. The van der Waals surface area contributed by atoms with Crippen molar-refractivity contribution in [3.8, 4) is 0 Å². The van der Waals surface area contributed by atoms with Crippen LogP contribution in [-0.4, -0.2) is 23.8 Å². The predicted molar refractivity (Wildman–Crippen MR) is 41.9 cm³/mol. The van der Waals surface area contributed by atoms with Gasteiger partial charge >= 0.3 is 0 Å². The molecule has 60 valence electrons. The Morgan fingerprint density at radius 3 is 2.80 bits per heavy atom. The molecule has 3 atom stereocenters. The monoisotopic (exact) mass is 143 g/mol. The maximum atomic E-state index is 8.72. The number of hydrogen-bond acceptors (Lipinski definition) is 2. The molecule has 0 saturated heterocycles. The zero-order valence-electron chi connectivity index (χ0n) is 6.80. The van der Waals surface area contributed by atoms with Crippen LogP contribution in [0.1, 0.15) is 26.7 Å². The van der Waals surface area contributed by atoms with Crippen LogP contribution in [0, 0.1) is 5.92 Å². The van der Waals surface area contributed by atoms with Crippen LogP contribution in [0.15, 0.2) is 0 Å². The number of hydrogen-bond donors (Lipinski definition) is 2. The predicted octanol–water partition coefficient (Wildman–Crippen LogP) is 0.755. The first-order valence-electron chi connectivity index (χ1n) is 4.14. The molecular weight excluding hydrogens is 126 g/mol. The van der Waals surface area contributed by atoms with E-state index in [1.807, 2.05) is 0 Å². The summed E-state index contributed by atoms with van der Waals surface area (Å²) in [6, 6.07) is 1.22. The third-order valence-electron chi connectivity index (χ3n) is 2.27. The minimum atomic E-state index is 0.355. The average Bonchev–Trinajstić information content (AvgIpc) is 2.67. The summed E-state index contributed by atoms with van der Waals surface area (Å²) < 4.78 is 0. The summed E-state index contributed by atoms with van der Waals surface area (Å²) in [6.45, 7) is 4.72. The molecule has 0 radical (unpaired) electrons. The van der Waals surface area contributed by atoms with Gasteiger partial charge in [0.1, 0.15) is 0 Å². The lowest BCUT2D eigenvalue weighted by Gasteiger charge is -2.09. The fraction of sp³-hybridized carbons (Fsp3) is 1.00. The van der Waals surface area contributed by atoms with E-state index in [-0.39, 0.29) is 0 Å². The molecule has 2 N–H and O–H groups in total. The number of rotatable bonds is 4. The molecule has 1 aliphatic carbocycles. The van der Waals surface area contributed by atoms with Gasteiger partial charge in [0.2, 0.25) is 0 Å². The Balaban J connectivity index is 2.05. The highest BCUT2D eigenvalue weighted by Crippen LogP contribution is 2.29. The molecule has 2 nitrogen and oxygen atoms in total. The Morgan fingerprint density at radius 2 is 2.40 bits per heavy atom. The molecular formula is C8H17NO. The van der Waals surface area contributed by atoms with Gasteiger partial charge in [0.15, 0.2) is 0 Å². The maximum Gasteiger partial charge on any atom is 0.0474 e. The molecule has 0 bridgehead atoms. The van der Waals surface area contributed by atoms with E-state index in [1.165, 1.54) is 12.8 Å². The lowest BCUT2D eigenvalue weighted by Crippen LogP contribution is -2.28. The molecule has 1 saturated carbocycles. The Bertz CT molecular complexity index is 105. The molecule has 1 aliphatic rings. The van der Waals surface area contributed by atoms with Crippen molar-refractivity contribution in [1.29, 1.82) is 0 Å². The van der Waals surface area contributed by atoms with Crippen molar-refractivity contribution in [2.45, 2.75) is 38.8 Å². The van der Waals surface area contributed by atoms with Crippen molar-refractivity contribution in [2.24, 2.45) is 5.92 Å². The van der Waals surface area contributed by atoms with Crippen LogP contribution in [0.2, 0.25) is 0 Å². The van der Waals surface area contributed by atoms with Crippen molar-refractivity contribution in [3.05, 3.63) is 0 Å². The third kappa shape index (κ3) is 1.96. The van der Waals surface area contributed by atoms with Crippen LogP contribution >= 0.6 is 0 Å². The normalized spacial score (nSPS) is 33.9. The first kappa shape index (κ1) is 8.02. The molecule has 0 aromatic carbocycles. The van der Waals surface area contributed by atoms with Crippen molar-refractivity contribution in [2.75, 3.05) is 6.61 Å². The van der Waals surface area contributed by atoms with E-state index in [1.54, 1.807) is 0 Å². The van der Waals surface area contributed by atoms with Crippen LogP contribution in [0.5, 0.6) is 0 Å². The summed E-state index contributed by atoms with van der Waals surface area (Å²) >= 11 is 0. The summed E-state index contributed by atoms with van der Waals surface area (Å²) in [6.07, 6.45) is 2.34. The fourth-order valence-electron chi connectivity index (χ4n) is 1.14. The van der Waals surface area contributed by atoms with Gasteiger partial charge < -0.3 is 10.4 Å². The first-order valence-corrected chi connectivity index (χ1v) is 4.14. The van der Waals surface area contributed by atoms with E-state index in [0.29, 0.717) is 24.6 Å². The van der Waals surface area contributed by atoms with Crippen molar-refractivity contribution < 1.29 is 5.11 Å². The van der Waals surface area contributed by atoms with Crippen LogP contribution in [0.4, 0.5) is 0 Å². The van der Waals surface area contributed by atoms with Crippen molar-refractivity contribution in [3.63, 3.8) is 0 Å². The second kappa shape index (κ2) is 3.35. The quantitative estimate of drug-likeness (QED) is 0.609. The molecule has 1 rings (SSSR count). The zero-order valence-corrected chi connectivity index (χ0v) is 6.80. The second-order valence-corrected chi connectivity index (χ2v) is 3.26. The van der Waals surface area contributed by atoms with Gasteiger partial charge in [-0.05, 0) is 25.7 Å². The lowest BCUT2D eigenvalue weighted by atomic mass is 10.2. The van der Waals surface area contributed by atoms with Crippen molar-refractivity contribution in [1.82, 2.24) is 5.32 Å². The smallest absolute Gasteiger partial charge is 0.0474 e. The van der Waals surface area contributed by atoms with Gasteiger partial charge in [-0.1, -0.05) is 6.92 Å². The van der Waals surface area contributed by atoms with Crippen LogP contribution in [0.3, 0.4) is 0 Å². The molecule has 0 amide bonds. The summed E-state index contributed by atoms with van der Waals surface area (Å²) in [5.41, 5.74) is 0. The Kier molecular flexibility index (Phi) is 2.69. The summed E-state index contributed by atoms with van der Waals surface area (Å²) in [5.74, 6) is 0.550. The van der Waals surface area contributed by atoms with E-state index in [0.717, 1.165) is 0 Å². The molecule has 0 heterocycles. The number of nitrogens with one attached hydrogen (secondary N) is 1. The fourth-order valence-corrected chi connectivity index (χ4v) is 1.14.